The molecule has 0 aliphatic heterocycles. The van der Waals surface area contributed by atoms with Crippen LogP contribution in [0, 0.1) is 19.7 Å². The Hall–Kier alpha value is -2.89. The van der Waals surface area contributed by atoms with E-state index in [0.717, 1.165) is 0 Å². The lowest BCUT2D eigenvalue weighted by atomic mass is 10.00. The molecule has 0 N–H and O–H groups in total. The van der Waals surface area contributed by atoms with Crippen LogP contribution in [0.1, 0.15) is 41.0 Å². The third-order valence-electron chi connectivity index (χ3n) is 4.03. The van der Waals surface area contributed by atoms with Gasteiger partial charge in [-0.15, -0.1) is 0 Å². The molecule has 138 valence electrons. The zero-order chi connectivity index (χ0) is 19.4. The van der Waals surface area contributed by atoms with Gasteiger partial charge in [-0.1, -0.05) is 6.58 Å². The molecule has 0 atom stereocenters. The van der Waals surface area contributed by atoms with Gasteiger partial charge in [0.2, 0.25) is 0 Å². The first-order chi connectivity index (χ1) is 12.3. The minimum Gasteiger partial charge on any atom is -0.494 e. The molecule has 0 aliphatic rings. The van der Waals surface area contributed by atoms with Gasteiger partial charge in [-0.05, 0) is 57.5 Å². The van der Waals surface area contributed by atoms with E-state index in [4.69, 9.17) is 9.47 Å². The van der Waals surface area contributed by atoms with Crippen molar-refractivity contribution in [1.29, 1.82) is 0 Å². The predicted molar refractivity (Wildman–Crippen MR) is 98.1 cm³/mol. The van der Waals surface area contributed by atoms with Gasteiger partial charge < -0.3 is 9.47 Å². The lowest BCUT2D eigenvalue weighted by molar-refractivity contribution is 0.0523. The van der Waals surface area contributed by atoms with Crippen molar-refractivity contribution in [2.24, 2.45) is 0 Å². The highest BCUT2D eigenvalue weighted by molar-refractivity contribution is 5.92. The van der Waals surface area contributed by atoms with Crippen molar-refractivity contribution in [2.75, 3.05) is 13.2 Å². The van der Waals surface area contributed by atoms with E-state index in [2.05, 4.69) is 6.58 Å². The average Bonchev–Trinajstić information content (AvgIpc) is 2.57. The van der Waals surface area contributed by atoms with E-state index >= 15 is 0 Å². The number of hydrogen-bond donors (Lipinski definition) is 0. The number of hydrogen-bond acceptors (Lipinski definition) is 4. The van der Waals surface area contributed by atoms with Crippen molar-refractivity contribution < 1.29 is 18.7 Å². The van der Waals surface area contributed by atoms with Crippen molar-refractivity contribution in [2.45, 2.75) is 27.7 Å². The molecule has 5 nitrogen and oxygen atoms in total. The fourth-order valence-electron chi connectivity index (χ4n) is 2.93. The Morgan fingerprint density at radius 1 is 1.08 bits per heavy atom. The number of ether oxygens (including phenoxy) is 2. The van der Waals surface area contributed by atoms with Gasteiger partial charge in [0.05, 0.1) is 13.2 Å². The molecule has 0 fully saturated rings. The number of rotatable bonds is 6. The van der Waals surface area contributed by atoms with Crippen LogP contribution in [0.15, 0.2) is 35.6 Å². The molecular weight excluding hydrogens is 337 g/mol. The molecule has 2 aromatic rings. The summed E-state index contributed by atoms with van der Waals surface area (Å²) in [6.07, 6.45) is 0. The largest absolute Gasteiger partial charge is 0.494 e. The summed E-state index contributed by atoms with van der Waals surface area (Å²) in [4.78, 5) is 25.4. The molecule has 0 spiro atoms. The van der Waals surface area contributed by atoms with Crippen LogP contribution >= 0.6 is 0 Å². The lowest BCUT2D eigenvalue weighted by Gasteiger charge is -2.20. The van der Waals surface area contributed by atoms with Crippen LogP contribution in [0.2, 0.25) is 0 Å². The number of carbonyl (C=O) groups excluding carboxylic acids is 1. The van der Waals surface area contributed by atoms with Gasteiger partial charge in [0, 0.05) is 16.9 Å². The minimum absolute atomic E-state index is 0.0855. The topological polar surface area (TPSA) is 57.5 Å². The number of esters is 1. The van der Waals surface area contributed by atoms with Crippen LogP contribution in [0.25, 0.3) is 11.4 Å². The minimum atomic E-state index is -0.712. The molecule has 0 saturated heterocycles. The van der Waals surface area contributed by atoms with Gasteiger partial charge in [-0.25, -0.2) is 9.18 Å². The molecular formula is C20H22FNO4. The first-order valence-corrected chi connectivity index (χ1v) is 8.34. The summed E-state index contributed by atoms with van der Waals surface area (Å²) in [6, 6.07) is 5.45. The molecule has 6 heteroatoms. The Morgan fingerprint density at radius 2 is 1.65 bits per heavy atom. The SMILES string of the molecule is C=C(OCC)c1c(C)c(C(=O)OCC)c(=O)n(-c2ccc(F)cc2)c1C. The highest BCUT2D eigenvalue weighted by Crippen LogP contribution is 2.26. The van der Waals surface area contributed by atoms with Crippen molar-refractivity contribution in [3.63, 3.8) is 0 Å². The average molecular weight is 359 g/mol. The molecule has 0 unspecified atom stereocenters. The summed E-state index contributed by atoms with van der Waals surface area (Å²) in [5.41, 5.74) is 1.37. The molecule has 0 bridgehead atoms. The van der Waals surface area contributed by atoms with E-state index in [0.29, 0.717) is 34.9 Å². The number of pyridine rings is 1. The second kappa shape index (κ2) is 7.99. The molecule has 1 aromatic carbocycles. The van der Waals surface area contributed by atoms with Crippen molar-refractivity contribution in [1.82, 2.24) is 4.57 Å². The number of carbonyl (C=O) groups is 1. The van der Waals surface area contributed by atoms with Crippen LogP contribution in [0.4, 0.5) is 4.39 Å². The van der Waals surface area contributed by atoms with Crippen LogP contribution in [-0.4, -0.2) is 23.8 Å². The number of aromatic nitrogens is 1. The highest BCUT2D eigenvalue weighted by atomic mass is 19.1. The Labute approximate surface area is 151 Å². The summed E-state index contributed by atoms with van der Waals surface area (Å²) in [6.45, 7) is 11.3. The zero-order valence-corrected chi connectivity index (χ0v) is 15.4. The summed E-state index contributed by atoms with van der Waals surface area (Å²) in [7, 11) is 0. The first kappa shape index (κ1) is 19.4. The van der Waals surface area contributed by atoms with Crippen molar-refractivity contribution >= 4 is 11.7 Å². The molecule has 0 radical (unpaired) electrons. The Morgan fingerprint density at radius 3 is 2.19 bits per heavy atom. The fourth-order valence-corrected chi connectivity index (χ4v) is 2.93. The Balaban J connectivity index is 2.86. The maximum absolute atomic E-state index is 13.3. The zero-order valence-electron chi connectivity index (χ0n) is 15.4. The smallest absolute Gasteiger partial charge is 0.344 e. The molecule has 26 heavy (non-hydrogen) atoms. The summed E-state index contributed by atoms with van der Waals surface area (Å²) in [5.74, 6) is -0.781. The molecule has 1 heterocycles. The quantitative estimate of drug-likeness (QED) is 0.582. The van der Waals surface area contributed by atoms with E-state index < -0.39 is 17.3 Å². The molecule has 0 amide bonds. The first-order valence-electron chi connectivity index (χ1n) is 8.34. The molecule has 2 rings (SSSR count). The van der Waals surface area contributed by atoms with Gasteiger partial charge in [0.25, 0.3) is 5.56 Å². The highest BCUT2D eigenvalue weighted by Gasteiger charge is 2.25. The van der Waals surface area contributed by atoms with Crippen molar-refractivity contribution in [3.8, 4) is 5.69 Å². The second-order valence-electron chi connectivity index (χ2n) is 5.65. The molecule has 0 saturated carbocycles. The van der Waals surface area contributed by atoms with E-state index in [1.165, 1.54) is 28.8 Å². The van der Waals surface area contributed by atoms with Crippen LogP contribution < -0.4 is 5.56 Å². The van der Waals surface area contributed by atoms with Gasteiger partial charge in [0.1, 0.15) is 17.1 Å². The summed E-state index contributed by atoms with van der Waals surface area (Å²) in [5, 5.41) is 0. The van der Waals surface area contributed by atoms with E-state index in [1.54, 1.807) is 20.8 Å². The monoisotopic (exact) mass is 359 g/mol. The standard InChI is InChI=1S/C20H22FNO4/c1-6-25-14(5)17-12(3)18(20(24)26-7-2)19(23)22(13(17)4)16-10-8-15(21)9-11-16/h8-11H,5-7H2,1-4H3. The van der Waals surface area contributed by atoms with E-state index in [-0.39, 0.29) is 12.2 Å². The van der Waals surface area contributed by atoms with Gasteiger partial charge >= 0.3 is 5.97 Å². The number of nitrogens with zero attached hydrogens (tertiary/aromatic N) is 1. The third kappa shape index (κ3) is 3.54. The normalized spacial score (nSPS) is 10.5. The Bertz CT molecular complexity index is 898. The number of benzene rings is 1. The fraction of sp³-hybridized carbons (Fsp3) is 0.300. The third-order valence-corrected chi connectivity index (χ3v) is 4.03. The van der Waals surface area contributed by atoms with Crippen molar-refractivity contribution in [3.05, 3.63) is 69.4 Å². The maximum atomic E-state index is 13.3. The van der Waals surface area contributed by atoms with E-state index in [1.807, 2.05) is 6.92 Å². The molecule has 1 aromatic heterocycles. The summed E-state index contributed by atoms with van der Waals surface area (Å²) < 4.78 is 25.2. The predicted octanol–water partition coefficient (Wildman–Crippen LogP) is 3.78. The van der Waals surface area contributed by atoms with Gasteiger partial charge in [-0.3, -0.25) is 9.36 Å². The van der Waals surface area contributed by atoms with Crippen LogP contribution in [0.5, 0.6) is 0 Å². The lowest BCUT2D eigenvalue weighted by Crippen LogP contribution is -2.31. The second-order valence-corrected chi connectivity index (χ2v) is 5.65. The van der Waals surface area contributed by atoms with Crippen LogP contribution in [-0.2, 0) is 9.47 Å². The van der Waals surface area contributed by atoms with E-state index in [9.17, 15) is 14.0 Å². The van der Waals surface area contributed by atoms with Gasteiger partial charge in [0.15, 0.2) is 0 Å². The molecule has 0 aliphatic carbocycles. The number of halogens is 1. The van der Waals surface area contributed by atoms with Crippen LogP contribution in [0.3, 0.4) is 0 Å². The summed E-state index contributed by atoms with van der Waals surface area (Å²) >= 11 is 0. The van der Waals surface area contributed by atoms with Gasteiger partial charge in [-0.2, -0.15) is 0 Å². The Kier molecular flexibility index (Phi) is 5.97. The maximum Gasteiger partial charge on any atom is 0.344 e.